The van der Waals surface area contributed by atoms with Crippen LogP contribution in [0.4, 0.5) is 5.69 Å². The van der Waals surface area contributed by atoms with Gasteiger partial charge >= 0.3 is 0 Å². The number of fused-ring (bicyclic) bond motifs is 1. The van der Waals surface area contributed by atoms with E-state index in [1.54, 1.807) is 30.3 Å². The Balaban J connectivity index is 1.71. The lowest BCUT2D eigenvalue weighted by Gasteiger charge is -2.20. The summed E-state index contributed by atoms with van der Waals surface area (Å²) >= 11 is 6.10. The molecule has 0 aliphatic heterocycles. The predicted molar refractivity (Wildman–Crippen MR) is 108 cm³/mol. The summed E-state index contributed by atoms with van der Waals surface area (Å²) in [5.41, 5.74) is 1.99. The normalized spacial score (nSPS) is 11.1. The molecule has 0 spiro atoms. The van der Waals surface area contributed by atoms with Crippen LogP contribution < -0.4 is 10.9 Å². The molecule has 0 bridgehead atoms. The first kappa shape index (κ1) is 19.1. The molecule has 0 unspecified atom stereocenters. The second-order valence-electron chi connectivity index (χ2n) is 6.29. The van der Waals surface area contributed by atoms with E-state index >= 15 is 0 Å². The van der Waals surface area contributed by atoms with Gasteiger partial charge in [-0.1, -0.05) is 36.7 Å². The van der Waals surface area contributed by atoms with Crippen LogP contribution in [0.15, 0.2) is 47.3 Å². The van der Waals surface area contributed by atoms with E-state index in [9.17, 15) is 9.59 Å². The Bertz CT molecular complexity index is 1030. The van der Waals surface area contributed by atoms with E-state index in [1.165, 1.54) is 0 Å². The fourth-order valence-corrected chi connectivity index (χ4v) is 3.01. The van der Waals surface area contributed by atoms with Crippen molar-refractivity contribution < 1.29 is 4.79 Å². The number of H-pyrrole nitrogens is 1. The minimum atomic E-state index is -0.175. The fourth-order valence-electron chi connectivity index (χ4n) is 2.84. The fraction of sp³-hybridized carbons (Fsp3) is 0.250. The number of benzene rings is 2. The van der Waals surface area contributed by atoms with Gasteiger partial charge in [-0.15, -0.1) is 0 Å². The van der Waals surface area contributed by atoms with Crippen LogP contribution in [0, 0.1) is 6.92 Å². The van der Waals surface area contributed by atoms with Crippen LogP contribution in [0.1, 0.15) is 18.3 Å². The van der Waals surface area contributed by atoms with Gasteiger partial charge in [0.2, 0.25) is 5.91 Å². The molecule has 1 aromatic heterocycles. The van der Waals surface area contributed by atoms with Gasteiger partial charge in [0, 0.05) is 10.7 Å². The Hall–Kier alpha value is -2.70. The number of hydrogen-bond acceptors (Lipinski definition) is 4. The Morgan fingerprint density at radius 3 is 2.78 bits per heavy atom. The molecule has 7 heteroatoms. The summed E-state index contributed by atoms with van der Waals surface area (Å²) in [6, 6.07) is 12.6. The predicted octanol–water partition coefficient (Wildman–Crippen LogP) is 3.35. The Labute approximate surface area is 162 Å². The number of nitrogens with one attached hydrogen (secondary N) is 2. The molecule has 3 aromatic rings. The van der Waals surface area contributed by atoms with Crippen LogP contribution in [-0.4, -0.2) is 33.9 Å². The number of rotatable bonds is 6. The number of likely N-dealkylation sites (N-methyl/N-ethyl adjacent to an activating group) is 1. The first-order valence-electron chi connectivity index (χ1n) is 8.73. The zero-order valence-corrected chi connectivity index (χ0v) is 16.0. The van der Waals surface area contributed by atoms with Gasteiger partial charge in [-0.05, 0) is 43.3 Å². The lowest BCUT2D eigenvalue weighted by molar-refractivity contribution is -0.117. The molecule has 3 rings (SSSR count). The highest BCUT2D eigenvalue weighted by Gasteiger charge is 2.13. The monoisotopic (exact) mass is 384 g/mol. The summed E-state index contributed by atoms with van der Waals surface area (Å²) in [7, 11) is 0. The van der Waals surface area contributed by atoms with Gasteiger partial charge in [-0.2, -0.15) is 0 Å². The molecule has 0 radical (unpaired) electrons. The van der Waals surface area contributed by atoms with Crippen LogP contribution in [0.2, 0.25) is 5.02 Å². The molecule has 2 aromatic carbocycles. The molecule has 27 heavy (non-hydrogen) atoms. The maximum Gasteiger partial charge on any atom is 0.258 e. The van der Waals surface area contributed by atoms with E-state index in [1.807, 2.05) is 30.9 Å². The molecular formula is C20H21ClN4O2. The largest absolute Gasteiger partial charge is 0.325 e. The highest BCUT2D eigenvalue weighted by molar-refractivity contribution is 6.31. The highest BCUT2D eigenvalue weighted by atomic mass is 35.5. The molecule has 140 valence electrons. The molecule has 0 atom stereocenters. The SMILES string of the molecule is CCN(CC(=O)Nc1cccc(Cl)c1C)Cc1nc2ccccc2c(=O)[nH]1. The molecule has 1 amide bonds. The van der Waals surface area contributed by atoms with Crippen molar-refractivity contribution in [2.75, 3.05) is 18.4 Å². The van der Waals surface area contributed by atoms with E-state index < -0.39 is 0 Å². The van der Waals surface area contributed by atoms with Gasteiger partial charge in [-0.25, -0.2) is 4.98 Å². The van der Waals surface area contributed by atoms with Crippen molar-refractivity contribution in [3.05, 3.63) is 69.2 Å². The number of hydrogen-bond donors (Lipinski definition) is 2. The number of aromatic amines is 1. The quantitative estimate of drug-likeness (QED) is 0.683. The van der Waals surface area contributed by atoms with Crippen molar-refractivity contribution in [3.8, 4) is 0 Å². The van der Waals surface area contributed by atoms with Crippen LogP contribution in [0.3, 0.4) is 0 Å². The van der Waals surface area contributed by atoms with Crippen molar-refractivity contribution in [2.45, 2.75) is 20.4 Å². The maximum atomic E-state index is 12.4. The molecule has 2 N–H and O–H groups in total. The molecule has 1 heterocycles. The lowest BCUT2D eigenvalue weighted by atomic mass is 10.2. The van der Waals surface area contributed by atoms with Gasteiger partial charge in [0.05, 0.1) is 24.0 Å². The van der Waals surface area contributed by atoms with Gasteiger partial charge in [0.25, 0.3) is 5.56 Å². The van der Waals surface area contributed by atoms with Crippen molar-refractivity contribution in [3.63, 3.8) is 0 Å². The smallest absolute Gasteiger partial charge is 0.258 e. The summed E-state index contributed by atoms with van der Waals surface area (Å²) in [6.45, 7) is 5.01. The van der Waals surface area contributed by atoms with Crippen molar-refractivity contribution in [1.82, 2.24) is 14.9 Å². The second-order valence-corrected chi connectivity index (χ2v) is 6.70. The third-order valence-corrected chi connectivity index (χ3v) is 4.80. The zero-order chi connectivity index (χ0) is 19.4. The Morgan fingerprint density at radius 2 is 2.00 bits per heavy atom. The number of amides is 1. The summed E-state index contributed by atoms with van der Waals surface area (Å²) in [6.07, 6.45) is 0. The number of carbonyl (C=O) groups is 1. The maximum absolute atomic E-state index is 12.4. The number of aromatic nitrogens is 2. The van der Waals surface area contributed by atoms with E-state index in [0.717, 1.165) is 5.56 Å². The third-order valence-electron chi connectivity index (χ3n) is 4.39. The van der Waals surface area contributed by atoms with E-state index in [2.05, 4.69) is 15.3 Å². The Kier molecular flexibility index (Phi) is 5.88. The van der Waals surface area contributed by atoms with Crippen LogP contribution in [-0.2, 0) is 11.3 Å². The van der Waals surface area contributed by atoms with Gasteiger partial charge in [-0.3, -0.25) is 14.5 Å². The molecule has 0 aliphatic rings. The van der Waals surface area contributed by atoms with E-state index in [-0.39, 0.29) is 18.0 Å². The molecule has 0 saturated heterocycles. The molecule has 6 nitrogen and oxygen atoms in total. The summed E-state index contributed by atoms with van der Waals surface area (Å²) in [5, 5.41) is 4.05. The third kappa shape index (κ3) is 4.53. The molecular weight excluding hydrogens is 364 g/mol. The topological polar surface area (TPSA) is 78.1 Å². The molecule has 0 fully saturated rings. The lowest BCUT2D eigenvalue weighted by Crippen LogP contribution is -2.34. The van der Waals surface area contributed by atoms with E-state index in [4.69, 9.17) is 11.6 Å². The number of halogens is 1. The summed E-state index contributed by atoms with van der Waals surface area (Å²) in [4.78, 5) is 33.8. The standard InChI is InChI=1S/C20H21ClN4O2/c1-3-25(12-19(26)23-16-10-6-8-15(21)13(16)2)11-18-22-17-9-5-4-7-14(17)20(27)24-18/h4-10H,3,11-12H2,1-2H3,(H,23,26)(H,22,24,27). The number of para-hydroxylation sites is 1. The minimum absolute atomic E-state index is 0.148. The zero-order valence-electron chi connectivity index (χ0n) is 15.3. The molecule has 0 saturated carbocycles. The summed E-state index contributed by atoms with van der Waals surface area (Å²) < 4.78 is 0. The van der Waals surface area contributed by atoms with E-state index in [0.29, 0.717) is 40.5 Å². The van der Waals surface area contributed by atoms with Crippen LogP contribution in [0.25, 0.3) is 10.9 Å². The number of nitrogens with zero attached hydrogens (tertiary/aromatic N) is 2. The highest BCUT2D eigenvalue weighted by Crippen LogP contribution is 2.22. The number of anilines is 1. The van der Waals surface area contributed by atoms with Crippen molar-refractivity contribution in [2.24, 2.45) is 0 Å². The molecule has 0 aliphatic carbocycles. The van der Waals surface area contributed by atoms with Crippen LogP contribution in [0.5, 0.6) is 0 Å². The minimum Gasteiger partial charge on any atom is -0.325 e. The Morgan fingerprint density at radius 1 is 1.22 bits per heavy atom. The van der Waals surface area contributed by atoms with Gasteiger partial charge in [0.1, 0.15) is 5.82 Å². The van der Waals surface area contributed by atoms with Gasteiger partial charge in [0.15, 0.2) is 0 Å². The average Bonchev–Trinajstić information content (AvgIpc) is 2.65. The average molecular weight is 385 g/mol. The second kappa shape index (κ2) is 8.33. The van der Waals surface area contributed by atoms with Crippen LogP contribution >= 0.6 is 11.6 Å². The van der Waals surface area contributed by atoms with Gasteiger partial charge < -0.3 is 10.3 Å². The van der Waals surface area contributed by atoms with Crippen molar-refractivity contribution in [1.29, 1.82) is 0 Å². The number of carbonyl (C=O) groups excluding carboxylic acids is 1. The first-order valence-corrected chi connectivity index (χ1v) is 9.11. The van der Waals surface area contributed by atoms with Crippen molar-refractivity contribution >= 4 is 34.1 Å². The summed E-state index contributed by atoms with van der Waals surface area (Å²) in [5.74, 6) is 0.387. The first-order chi connectivity index (χ1) is 13.0.